The molecule has 2 rings (SSSR count). The average molecular weight is 281 g/mol. The molecule has 3 nitrogen and oxygen atoms in total. The molecule has 1 aliphatic heterocycles. The van der Waals surface area contributed by atoms with E-state index >= 15 is 0 Å². The summed E-state index contributed by atoms with van der Waals surface area (Å²) in [5.74, 6) is 0.833. The third kappa shape index (κ3) is 4.19. The van der Waals surface area contributed by atoms with Gasteiger partial charge in [0.2, 0.25) is 0 Å². The normalized spacial score (nSPS) is 32.7. The van der Waals surface area contributed by atoms with Crippen LogP contribution in [0.5, 0.6) is 0 Å². The molecule has 1 saturated heterocycles. The zero-order valence-electron chi connectivity index (χ0n) is 14.3. The molecule has 2 atom stereocenters. The van der Waals surface area contributed by atoms with Crippen molar-refractivity contribution >= 4 is 0 Å². The van der Waals surface area contributed by atoms with Gasteiger partial charge in [0.25, 0.3) is 0 Å². The quantitative estimate of drug-likeness (QED) is 0.854. The Labute approximate surface area is 126 Å². The van der Waals surface area contributed by atoms with Gasteiger partial charge in [-0.25, -0.2) is 0 Å². The molecule has 1 N–H and O–H groups in total. The van der Waals surface area contributed by atoms with E-state index in [1.165, 1.54) is 51.7 Å². The van der Waals surface area contributed by atoms with Crippen LogP contribution in [0.2, 0.25) is 0 Å². The lowest BCUT2D eigenvalue weighted by molar-refractivity contribution is 0.0781. The average Bonchev–Trinajstić information content (AvgIpc) is 2.38. The number of hydrogen-bond donors (Lipinski definition) is 1. The van der Waals surface area contributed by atoms with E-state index in [4.69, 9.17) is 0 Å². The molecule has 2 fully saturated rings. The van der Waals surface area contributed by atoms with Crippen LogP contribution in [0.25, 0.3) is 0 Å². The molecule has 0 radical (unpaired) electrons. The van der Waals surface area contributed by atoms with Gasteiger partial charge in [-0.3, -0.25) is 0 Å². The Morgan fingerprint density at radius 3 is 2.35 bits per heavy atom. The molecule has 0 aromatic rings. The summed E-state index contributed by atoms with van der Waals surface area (Å²) in [5, 5.41) is 3.57. The first-order valence-electron chi connectivity index (χ1n) is 8.47. The van der Waals surface area contributed by atoms with E-state index < -0.39 is 0 Å². The molecule has 0 bridgehead atoms. The molecule has 1 aliphatic carbocycles. The highest BCUT2D eigenvalue weighted by atomic mass is 15.2. The molecule has 2 unspecified atom stereocenters. The first-order chi connectivity index (χ1) is 9.41. The van der Waals surface area contributed by atoms with Crippen molar-refractivity contribution in [1.82, 2.24) is 15.1 Å². The number of nitrogens with zero attached hydrogens (tertiary/aromatic N) is 2. The number of hydrogen-bond acceptors (Lipinski definition) is 3. The van der Waals surface area contributed by atoms with Crippen LogP contribution in [0.4, 0.5) is 0 Å². The maximum absolute atomic E-state index is 3.57. The third-order valence-electron chi connectivity index (χ3n) is 5.67. The lowest BCUT2D eigenvalue weighted by Crippen LogP contribution is -2.49. The zero-order valence-corrected chi connectivity index (χ0v) is 14.3. The molecular weight excluding hydrogens is 246 g/mol. The highest BCUT2D eigenvalue weighted by molar-refractivity contribution is 4.90. The summed E-state index contributed by atoms with van der Waals surface area (Å²) < 4.78 is 0. The SMILES string of the molecule is CNC1CCC(C)(C)CC1CN1CCC(N(C)C)CC1. The van der Waals surface area contributed by atoms with Crippen molar-refractivity contribution in [1.29, 1.82) is 0 Å². The van der Waals surface area contributed by atoms with Crippen molar-refractivity contribution < 1.29 is 0 Å². The maximum atomic E-state index is 3.57. The fourth-order valence-electron chi connectivity index (χ4n) is 4.26. The Morgan fingerprint density at radius 2 is 1.80 bits per heavy atom. The monoisotopic (exact) mass is 281 g/mol. The third-order valence-corrected chi connectivity index (χ3v) is 5.67. The van der Waals surface area contributed by atoms with E-state index in [1.807, 2.05) is 0 Å². The minimum Gasteiger partial charge on any atom is -0.317 e. The zero-order chi connectivity index (χ0) is 14.8. The Balaban J connectivity index is 1.85. The second kappa shape index (κ2) is 6.76. The van der Waals surface area contributed by atoms with Crippen molar-refractivity contribution in [3.05, 3.63) is 0 Å². The molecular formula is C17H35N3. The predicted octanol–water partition coefficient (Wildman–Crippen LogP) is 2.43. The number of likely N-dealkylation sites (tertiary alicyclic amines) is 1. The molecule has 0 aromatic carbocycles. The van der Waals surface area contributed by atoms with Crippen molar-refractivity contribution in [2.24, 2.45) is 11.3 Å². The summed E-state index contributed by atoms with van der Waals surface area (Å²) >= 11 is 0. The van der Waals surface area contributed by atoms with Crippen LogP contribution in [0.15, 0.2) is 0 Å². The lowest BCUT2D eigenvalue weighted by Gasteiger charge is -2.44. The van der Waals surface area contributed by atoms with E-state index in [0.29, 0.717) is 5.41 Å². The standard InChI is InChI=1S/C17H35N3/c1-17(2)9-6-16(18-3)14(12-17)13-20-10-7-15(8-11-20)19(4)5/h14-16,18H,6-13H2,1-5H3. The molecule has 0 aromatic heterocycles. The molecule has 0 spiro atoms. The van der Waals surface area contributed by atoms with Crippen LogP contribution in [-0.2, 0) is 0 Å². The topological polar surface area (TPSA) is 18.5 Å². The second-order valence-corrected chi connectivity index (χ2v) is 8.06. The summed E-state index contributed by atoms with van der Waals surface area (Å²) in [6, 6.07) is 1.53. The molecule has 2 aliphatic rings. The largest absolute Gasteiger partial charge is 0.317 e. The van der Waals surface area contributed by atoms with Gasteiger partial charge in [-0.1, -0.05) is 13.8 Å². The first kappa shape index (κ1) is 16.3. The van der Waals surface area contributed by atoms with Crippen LogP contribution in [0, 0.1) is 11.3 Å². The summed E-state index contributed by atoms with van der Waals surface area (Å²) in [6.07, 6.45) is 6.78. The van der Waals surface area contributed by atoms with E-state index in [-0.39, 0.29) is 0 Å². The smallest absolute Gasteiger partial charge is 0.0113 e. The molecule has 3 heteroatoms. The van der Waals surface area contributed by atoms with Gasteiger partial charge in [0, 0.05) is 18.6 Å². The van der Waals surface area contributed by atoms with Gasteiger partial charge in [0.1, 0.15) is 0 Å². The van der Waals surface area contributed by atoms with Gasteiger partial charge in [-0.05, 0) is 77.7 Å². The summed E-state index contributed by atoms with van der Waals surface area (Å²) in [5.41, 5.74) is 0.542. The molecule has 0 amide bonds. The van der Waals surface area contributed by atoms with Gasteiger partial charge >= 0.3 is 0 Å². The fourth-order valence-corrected chi connectivity index (χ4v) is 4.26. The van der Waals surface area contributed by atoms with E-state index in [0.717, 1.165) is 18.0 Å². The van der Waals surface area contributed by atoms with Crippen molar-refractivity contribution in [2.45, 2.75) is 58.0 Å². The molecule has 118 valence electrons. The molecule has 1 heterocycles. The molecule has 1 saturated carbocycles. The lowest BCUT2D eigenvalue weighted by atomic mass is 9.69. The molecule has 20 heavy (non-hydrogen) atoms. The Hall–Kier alpha value is -0.120. The Bertz CT molecular complexity index is 293. The number of rotatable bonds is 4. The summed E-state index contributed by atoms with van der Waals surface area (Å²) in [7, 11) is 6.59. The summed E-state index contributed by atoms with van der Waals surface area (Å²) in [6.45, 7) is 8.77. The number of piperidine rings is 1. The van der Waals surface area contributed by atoms with Crippen LogP contribution >= 0.6 is 0 Å². The van der Waals surface area contributed by atoms with Crippen LogP contribution in [0.3, 0.4) is 0 Å². The van der Waals surface area contributed by atoms with E-state index in [1.54, 1.807) is 0 Å². The number of nitrogens with one attached hydrogen (secondary N) is 1. The first-order valence-corrected chi connectivity index (χ1v) is 8.47. The van der Waals surface area contributed by atoms with Crippen molar-refractivity contribution in [3.63, 3.8) is 0 Å². The minimum atomic E-state index is 0.542. The maximum Gasteiger partial charge on any atom is 0.0113 e. The minimum absolute atomic E-state index is 0.542. The fraction of sp³-hybridized carbons (Fsp3) is 1.00. The van der Waals surface area contributed by atoms with Gasteiger partial charge in [-0.2, -0.15) is 0 Å². The van der Waals surface area contributed by atoms with Gasteiger partial charge < -0.3 is 15.1 Å². The van der Waals surface area contributed by atoms with Crippen molar-refractivity contribution in [3.8, 4) is 0 Å². The van der Waals surface area contributed by atoms with Gasteiger partial charge in [0.15, 0.2) is 0 Å². The van der Waals surface area contributed by atoms with Crippen LogP contribution < -0.4 is 5.32 Å². The Kier molecular flexibility index (Phi) is 5.49. The van der Waals surface area contributed by atoms with Gasteiger partial charge in [-0.15, -0.1) is 0 Å². The summed E-state index contributed by atoms with van der Waals surface area (Å²) in [4.78, 5) is 5.12. The van der Waals surface area contributed by atoms with Crippen LogP contribution in [-0.4, -0.2) is 62.7 Å². The Morgan fingerprint density at radius 1 is 1.15 bits per heavy atom. The second-order valence-electron chi connectivity index (χ2n) is 8.06. The van der Waals surface area contributed by atoms with Crippen LogP contribution in [0.1, 0.15) is 46.0 Å². The van der Waals surface area contributed by atoms with Gasteiger partial charge in [0.05, 0.1) is 0 Å². The van der Waals surface area contributed by atoms with E-state index in [9.17, 15) is 0 Å². The highest BCUT2D eigenvalue weighted by Gasteiger charge is 2.35. The predicted molar refractivity (Wildman–Crippen MR) is 87.1 cm³/mol. The van der Waals surface area contributed by atoms with Crippen molar-refractivity contribution in [2.75, 3.05) is 40.8 Å². The van der Waals surface area contributed by atoms with E-state index in [2.05, 4.69) is 50.1 Å². The highest BCUT2D eigenvalue weighted by Crippen LogP contribution is 2.39.